The normalized spacial score (nSPS) is 10.4. The number of pyridine rings is 1. The Morgan fingerprint density at radius 3 is 2.43 bits per heavy atom. The van der Waals surface area contributed by atoms with Crippen molar-refractivity contribution >= 4 is 45.2 Å². The quantitative estimate of drug-likeness (QED) is 0.302. The minimum atomic E-state index is -0.223. The van der Waals surface area contributed by atoms with Crippen LogP contribution in [0.4, 0.5) is 28.4 Å². The number of aromatic nitrogens is 3. The van der Waals surface area contributed by atoms with Gasteiger partial charge >= 0.3 is 0 Å². The summed E-state index contributed by atoms with van der Waals surface area (Å²) >= 11 is 0. The van der Waals surface area contributed by atoms with Gasteiger partial charge in [0, 0.05) is 39.9 Å². The highest BCUT2D eigenvalue weighted by molar-refractivity contribution is 6.05. The molecule has 8 heteroatoms. The molecule has 8 nitrogen and oxygen atoms in total. The first-order valence-electron chi connectivity index (χ1n) is 10.8. The maximum atomic E-state index is 12.9. The molecular formula is C27H19N7O. The molecule has 3 aromatic carbocycles. The number of fused-ring (bicyclic) bond motifs is 1. The highest BCUT2D eigenvalue weighted by atomic mass is 16.1. The standard InChI is InChI=1S/C27H19N7O/c28-16-18-4-9-25-24(14-18)26(11-12-29-25)33-22-3-1-2-19(15-22)27(35)34-21-7-5-20(6-8-21)32-23-10-13-30-31-17-23/h1-15,17H,(H,29,33)(H,30,32)(H,34,35). The molecule has 0 spiro atoms. The van der Waals surface area contributed by atoms with Crippen molar-refractivity contribution in [3.8, 4) is 6.07 Å². The van der Waals surface area contributed by atoms with Gasteiger partial charge in [-0.15, -0.1) is 0 Å². The Labute approximate surface area is 201 Å². The minimum absolute atomic E-state index is 0.223. The van der Waals surface area contributed by atoms with Gasteiger partial charge in [-0.05, 0) is 72.8 Å². The van der Waals surface area contributed by atoms with Gasteiger partial charge in [0.25, 0.3) is 5.91 Å². The predicted molar refractivity (Wildman–Crippen MR) is 136 cm³/mol. The van der Waals surface area contributed by atoms with Crippen molar-refractivity contribution in [1.29, 1.82) is 5.26 Å². The molecule has 2 heterocycles. The maximum absolute atomic E-state index is 12.9. The largest absolute Gasteiger partial charge is 0.355 e. The van der Waals surface area contributed by atoms with E-state index in [9.17, 15) is 10.1 Å². The second kappa shape index (κ2) is 9.68. The maximum Gasteiger partial charge on any atom is 0.255 e. The van der Waals surface area contributed by atoms with Crippen molar-refractivity contribution in [3.63, 3.8) is 0 Å². The number of hydrogen-bond donors (Lipinski definition) is 3. The SMILES string of the molecule is N#Cc1ccc2nccc(Nc3cccc(C(=O)Nc4ccc(Nc5ccnnc5)cc4)c3)c2c1. The molecule has 0 saturated carbocycles. The second-order valence-electron chi connectivity index (χ2n) is 7.70. The summed E-state index contributed by atoms with van der Waals surface area (Å²) in [6.07, 6.45) is 4.95. The summed E-state index contributed by atoms with van der Waals surface area (Å²) in [6, 6.07) is 25.8. The first kappa shape index (κ1) is 21.6. The van der Waals surface area contributed by atoms with Gasteiger partial charge in [-0.2, -0.15) is 15.5 Å². The van der Waals surface area contributed by atoms with E-state index in [-0.39, 0.29) is 5.91 Å². The zero-order valence-corrected chi connectivity index (χ0v) is 18.4. The number of anilines is 5. The van der Waals surface area contributed by atoms with Crippen molar-refractivity contribution in [2.75, 3.05) is 16.0 Å². The van der Waals surface area contributed by atoms with E-state index in [4.69, 9.17) is 0 Å². The van der Waals surface area contributed by atoms with Crippen molar-refractivity contribution in [2.45, 2.75) is 0 Å². The number of amides is 1. The van der Waals surface area contributed by atoms with Crippen LogP contribution in [0.5, 0.6) is 0 Å². The Morgan fingerprint density at radius 2 is 1.63 bits per heavy atom. The van der Waals surface area contributed by atoms with Gasteiger partial charge in [0.1, 0.15) is 0 Å². The molecule has 0 aliphatic carbocycles. The first-order chi connectivity index (χ1) is 17.2. The monoisotopic (exact) mass is 457 g/mol. The topological polar surface area (TPSA) is 116 Å². The molecule has 0 aliphatic heterocycles. The zero-order chi connectivity index (χ0) is 24.0. The van der Waals surface area contributed by atoms with E-state index in [1.165, 1.54) is 0 Å². The summed E-state index contributed by atoms with van der Waals surface area (Å²) in [5, 5.41) is 27.1. The van der Waals surface area contributed by atoms with Gasteiger partial charge in [0.05, 0.1) is 35.2 Å². The van der Waals surface area contributed by atoms with Gasteiger partial charge < -0.3 is 16.0 Å². The fraction of sp³-hybridized carbons (Fsp3) is 0. The highest BCUT2D eigenvalue weighted by Gasteiger charge is 2.09. The number of nitriles is 1. The number of nitrogens with zero attached hydrogens (tertiary/aromatic N) is 4. The van der Waals surface area contributed by atoms with Gasteiger partial charge in [-0.1, -0.05) is 6.07 Å². The van der Waals surface area contributed by atoms with Crippen molar-refractivity contribution in [3.05, 3.63) is 109 Å². The van der Waals surface area contributed by atoms with Crippen molar-refractivity contribution in [2.24, 2.45) is 0 Å². The number of nitrogens with one attached hydrogen (secondary N) is 3. The average molecular weight is 457 g/mol. The van der Waals surface area contributed by atoms with Crippen LogP contribution in [0.15, 0.2) is 97.5 Å². The number of carbonyl (C=O) groups is 1. The summed E-state index contributed by atoms with van der Waals surface area (Å²) in [7, 11) is 0. The van der Waals surface area contributed by atoms with Crippen LogP contribution in [0.25, 0.3) is 10.9 Å². The van der Waals surface area contributed by atoms with Crippen LogP contribution < -0.4 is 16.0 Å². The van der Waals surface area contributed by atoms with E-state index in [0.29, 0.717) is 16.8 Å². The highest BCUT2D eigenvalue weighted by Crippen LogP contribution is 2.27. The molecule has 0 atom stereocenters. The lowest BCUT2D eigenvalue weighted by Gasteiger charge is -2.12. The summed E-state index contributed by atoms with van der Waals surface area (Å²) in [4.78, 5) is 17.2. The smallest absolute Gasteiger partial charge is 0.255 e. The molecule has 1 amide bonds. The zero-order valence-electron chi connectivity index (χ0n) is 18.4. The molecule has 0 unspecified atom stereocenters. The number of hydrogen-bond acceptors (Lipinski definition) is 7. The molecule has 35 heavy (non-hydrogen) atoms. The fourth-order valence-electron chi connectivity index (χ4n) is 3.59. The Bertz CT molecular complexity index is 1540. The molecule has 5 aromatic rings. The molecule has 0 bridgehead atoms. The molecule has 168 valence electrons. The molecule has 5 rings (SSSR count). The van der Waals surface area contributed by atoms with Gasteiger partial charge in [-0.3, -0.25) is 9.78 Å². The summed E-state index contributed by atoms with van der Waals surface area (Å²) in [6.45, 7) is 0. The first-order valence-corrected chi connectivity index (χ1v) is 10.8. The predicted octanol–water partition coefficient (Wildman–Crippen LogP) is 5.64. The van der Waals surface area contributed by atoms with Gasteiger partial charge in [0.2, 0.25) is 0 Å². The van der Waals surface area contributed by atoms with Crippen LogP contribution >= 0.6 is 0 Å². The molecule has 2 aromatic heterocycles. The Kier molecular flexibility index (Phi) is 5.96. The van der Waals surface area contributed by atoms with E-state index in [2.05, 4.69) is 37.2 Å². The van der Waals surface area contributed by atoms with Crippen LogP contribution in [-0.4, -0.2) is 21.1 Å². The van der Waals surface area contributed by atoms with Gasteiger partial charge in [0.15, 0.2) is 0 Å². The fourth-order valence-corrected chi connectivity index (χ4v) is 3.59. The Morgan fingerprint density at radius 1 is 0.771 bits per heavy atom. The second-order valence-corrected chi connectivity index (χ2v) is 7.70. The Hall–Kier alpha value is -5.29. The van der Waals surface area contributed by atoms with E-state index < -0.39 is 0 Å². The average Bonchev–Trinajstić information content (AvgIpc) is 2.90. The lowest BCUT2D eigenvalue weighted by Crippen LogP contribution is -2.12. The summed E-state index contributed by atoms with van der Waals surface area (Å²) in [5.74, 6) is -0.223. The van der Waals surface area contributed by atoms with E-state index >= 15 is 0 Å². The summed E-state index contributed by atoms with van der Waals surface area (Å²) < 4.78 is 0. The van der Waals surface area contributed by atoms with Crippen LogP contribution in [0.3, 0.4) is 0 Å². The molecular weight excluding hydrogens is 438 g/mol. The minimum Gasteiger partial charge on any atom is -0.355 e. The molecule has 0 saturated heterocycles. The summed E-state index contributed by atoms with van der Waals surface area (Å²) in [5.41, 5.74) is 5.77. The lowest BCUT2D eigenvalue weighted by atomic mass is 10.1. The van der Waals surface area contributed by atoms with Crippen LogP contribution in [0.1, 0.15) is 15.9 Å². The number of benzene rings is 3. The Balaban J connectivity index is 1.30. The molecule has 0 fully saturated rings. The molecule has 0 radical (unpaired) electrons. The van der Waals surface area contributed by atoms with Crippen LogP contribution in [-0.2, 0) is 0 Å². The van der Waals surface area contributed by atoms with Crippen molar-refractivity contribution in [1.82, 2.24) is 15.2 Å². The van der Waals surface area contributed by atoms with E-state index in [0.717, 1.165) is 33.7 Å². The van der Waals surface area contributed by atoms with Crippen molar-refractivity contribution < 1.29 is 4.79 Å². The van der Waals surface area contributed by atoms with E-state index in [1.807, 2.05) is 54.6 Å². The van der Waals surface area contributed by atoms with Crippen LogP contribution in [0.2, 0.25) is 0 Å². The number of rotatable bonds is 6. The van der Waals surface area contributed by atoms with Gasteiger partial charge in [-0.25, -0.2) is 0 Å². The van der Waals surface area contributed by atoms with Crippen LogP contribution in [0, 0.1) is 11.3 Å². The molecule has 3 N–H and O–H groups in total. The third-order valence-corrected chi connectivity index (χ3v) is 5.29. The third kappa shape index (κ3) is 5.05. The van der Waals surface area contributed by atoms with E-state index in [1.54, 1.807) is 42.9 Å². The molecule has 0 aliphatic rings. The lowest BCUT2D eigenvalue weighted by molar-refractivity contribution is 0.102. The number of carbonyl (C=O) groups excluding carboxylic acids is 1. The third-order valence-electron chi connectivity index (χ3n) is 5.29.